The number of aromatic nitrogens is 2. The summed E-state index contributed by atoms with van der Waals surface area (Å²) in [6.07, 6.45) is 5.99. The van der Waals surface area contributed by atoms with Gasteiger partial charge in [0.05, 0.1) is 25.1 Å². The van der Waals surface area contributed by atoms with E-state index in [1.165, 1.54) is 0 Å². The maximum Gasteiger partial charge on any atom is 0.239 e. The number of hydrogen-bond donors (Lipinski definition) is 2. The molecule has 0 saturated carbocycles. The number of nitrogens with one attached hydrogen (secondary N) is 2. The Morgan fingerprint density at radius 1 is 1.57 bits per heavy atom. The number of rotatable bonds is 3. The molecule has 0 bridgehead atoms. The summed E-state index contributed by atoms with van der Waals surface area (Å²) in [5.41, 5.74) is 1.12. The van der Waals surface area contributed by atoms with Crippen molar-refractivity contribution in [1.82, 2.24) is 20.4 Å². The second-order valence-corrected chi connectivity index (χ2v) is 5.75. The zero-order valence-electron chi connectivity index (χ0n) is 12.4. The average Bonchev–Trinajstić information content (AvgIpc) is 2.95. The van der Waals surface area contributed by atoms with Crippen LogP contribution in [0.4, 0.5) is 5.69 Å². The maximum atomic E-state index is 12.2. The van der Waals surface area contributed by atoms with Crippen LogP contribution in [-0.2, 0) is 16.6 Å². The van der Waals surface area contributed by atoms with Gasteiger partial charge >= 0.3 is 0 Å². The second-order valence-electron chi connectivity index (χ2n) is 5.75. The third-order valence-electron chi connectivity index (χ3n) is 4.06. The lowest BCUT2D eigenvalue weighted by atomic mass is 10.0. The first-order chi connectivity index (χ1) is 10.2. The summed E-state index contributed by atoms with van der Waals surface area (Å²) in [6.45, 7) is 3.74. The van der Waals surface area contributed by atoms with Crippen molar-refractivity contribution in [3.8, 4) is 0 Å². The minimum atomic E-state index is -0.215. The fourth-order valence-electron chi connectivity index (χ4n) is 2.94. The molecule has 0 aliphatic carbocycles. The van der Waals surface area contributed by atoms with E-state index in [0.29, 0.717) is 13.2 Å². The molecule has 2 atom stereocenters. The van der Waals surface area contributed by atoms with E-state index in [1.54, 1.807) is 4.68 Å². The molecule has 0 aromatic carbocycles. The van der Waals surface area contributed by atoms with Crippen LogP contribution in [0.1, 0.15) is 12.8 Å². The van der Waals surface area contributed by atoms with Gasteiger partial charge in [-0.15, -0.1) is 0 Å². The van der Waals surface area contributed by atoms with E-state index in [-0.39, 0.29) is 18.0 Å². The number of piperidine rings is 1. The first kappa shape index (κ1) is 14.3. The molecule has 7 nitrogen and oxygen atoms in total. The lowest BCUT2D eigenvalue weighted by Crippen LogP contribution is -2.56. The zero-order valence-corrected chi connectivity index (χ0v) is 12.4. The van der Waals surface area contributed by atoms with Crippen LogP contribution in [0.3, 0.4) is 0 Å². The van der Waals surface area contributed by atoms with Gasteiger partial charge in [0.15, 0.2) is 0 Å². The van der Waals surface area contributed by atoms with Gasteiger partial charge in [-0.25, -0.2) is 0 Å². The summed E-state index contributed by atoms with van der Waals surface area (Å²) in [6, 6.07) is -0.0253. The largest absolute Gasteiger partial charge is 0.378 e. The highest BCUT2D eigenvalue weighted by atomic mass is 16.5. The van der Waals surface area contributed by atoms with E-state index in [1.807, 2.05) is 19.4 Å². The smallest absolute Gasteiger partial charge is 0.239 e. The Bertz CT molecular complexity index is 483. The standard InChI is InChI=1S/C14H23N5O2/c1-18-9-12(7-16-18)19-5-2-3-11(8-19)17-14(20)13-10-21-6-4-15-13/h7,9,11,13,15H,2-6,8,10H2,1H3,(H,17,20). The van der Waals surface area contributed by atoms with Gasteiger partial charge < -0.3 is 20.3 Å². The highest BCUT2D eigenvalue weighted by Gasteiger charge is 2.26. The highest BCUT2D eigenvalue weighted by molar-refractivity contribution is 5.82. The number of anilines is 1. The van der Waals surface area contributed by atoms with Crippen LogP contribution in [0.2, 0.25) is 0 Å². The molecule has 2 aliphatic heterocycles. The Labute approximate surface area is 124 Å². The van der Waals surface area contributed by atoms with Crippen molar-refractivity contribution >= 4 is 11.6 Å². The lowest BCUT2D eigenvalue weighted by Gasteiger charge is -2.35. The Balaban J connectivity index is 1.54. The molecular formula is C14H23N5O2. The van der Waals surface area contributed by atoms with E-state index < -0.39 is 0 Å². The van der Waals surface area contributed by atoms with Gasteiger partial charge in [0.2, 0.25) is 5.91 Å². The normalized spacial score (nSPS) is 26.6. The van der Waals surface area contributed by atoms with E-state index in [9.17, 15) is 4.79 Å². The van der Waals surface area contributed by atoms with E-state index in [2.05, 4.69) is 20.6 Å². The van der Waals surface area contributed by atoms with Gasteiger partial charge in [0.25, 0.3) is 0 Å². The van der Waals surface area contributed by atoms with Crippen molar-refractivity contribution in [3.63, 3.8) is 0 Å². The Morgan fingerprint density at radius 3 is 3.19 bits per heavy atom. The number of ether oxygens (including phenoxy) is 1. The van der Waals surface area contributed by atoms with Crippen molar-refractivity contribution in [3.05, 3.63) is 12.4 Å². The van der Waals surface area contributed by atoms with E-state index >= 15 is 0 Å². The minimum Gasteiger partial charge on any atom is -0.378 e. The Hall–Kier alpha value is -1.60. The number of hydrogen-bond acceptors (Lipinski definition) is 5. The number of aryl methyl sites for hydroxylation is 1. The molecule has 1 aromatic heterocycles. The van der Waals surface area contributed by atoms with Crippen LogP contribution in [0.25, 0.3) is 0 Å². The molecule has 21 heavy (non-hydrogen) atoms. The van der Waals surface area contributed by atoms with Crippen LogP contribution in [0, 0.1) is 0 Å². The molecule has 2 unspecified atom stereocenters. The van der Waals surface area contributed by atoms with E-state index in [4.69, 9.17) is 4.74 Å². The van der Waals surface area contributed by atoms with Crippen LogP contribution in [-0.4, -0.2) is 60.6 Å². The summed E-state index contributed by atoms with van der Waals surface area (Å²) < 4.78 is 7.15. The first-order valence-corrected chi connectivity index (χ1v) is 7.57. The van der Waals surface area contributed by atoms with Gasteiger partial charge in [-0.1, -0.05) is 0 Å². The van der Waals surface area contributed by atoms with Crippen LogP contribution in [0.5, 0.6) is 0 Å². The van der Waals surface area contributed by atoms with Crippen LogP contribution < -0.4 is 15.5 Å². The van der Waals surface area contributed by atoms with Gasteiger partial charge in [0, 0.05) is 38.9 Å². The van der Waals surface area contributed by atoms with Crippen LogP contribution in [0.15, 0.2) is 12.4 Å². The number of nitrogens with zero attached hydrogens (tertiary/aromatic N) is 3. The zero-order chi connectivity index (χ0) is 14.7. The summed E-state index contributed by atoms with van der Waals surface area (Å²) >= 11 is 0. The molecule has 1 aromatic rings. The number of amides is 1. The minimum absolute atomic E-state index is 0.0488. The molecule has 116 valence electrons. The predicted octanol–water partition coefficient (Wildman–Crippen LogP) is -0.506. The lowest BCUT2D eigenvalue weighted by molar-refractivity contribution is -0.126. The first-order valence-electron chi connectivity index (χ1n) is 7.57. The predicted molar refractivity (Wildman–Crippen MR) is 79.2 cm³/mol. The number of carbonyl (C=O) groups is 1. The van der Waals surface area contributed by atoms with Gasteiger partial charge in [-0.3, -0.25) is 9.48 Å². The molecule has 3 rings (SSSR count). The monoisotopic (exact) mass is 293 g/mol. The molecule has 2 aliphatic rings. The topological polar surface area (TPSA) is 71.4 Å². The average molecular weight is 293 g/mol. The van der Waals surface area contributed by atoms with Gasteiger partial charge in [-0.05, 0) is 12.8 Å². The fourth-order valence-corrected chi connectivity index (χ4v) is 2.94. The molecule has 7 heteroatoms. The van der Waals surface area contributed by atoms with Gasteiger partial charge in [0.1, 0.15) is 6.04 Å². The fraction of sp³-hybridized carbons (Fsp3) is 0.714. The number of carbonyl (C=O) groups excluding carboxylic acids is 1. The summed E-state index contributed by atoms with van der Waals surface area (Å²) in [7, 11) is 1.92. The number of morpholine rings is 1. The SMILES string of the molecule is Cn1cc(N2CCCC(NC(=O)C3COCCN3)C2)cn1. The molecule has 2 saturated heterocycles. The molecule has 1 amide bonds. The summed E-state index contributed by atoms with van der Waals surface area (Å²) in [4.78, 5) is 14.5. The summed E-state index contributed by atoms with van der Waals surface area (Å²) in [5.74, 6) is 0.0488. The third kappa shape index (κ3) is 3.54. The molecule has 2 fully saturated rings. The van der Waals surface area contributed by atoms with Crippen molar-refractivity contribution in [2.75, 3.05) is 37.7 Å². The second kappa shape index (κ2) is 6.44. The quantitative estimate of drug-likeness (QED) is 0.786. The Morgan fingerprint density at radius 2 is 2.48 bits per heavy atom. The molecule has 0 spiro atoms. The third-order valence-corrected chi connectivity index (χ3v) is 4.06. The Kier molecular flexibility index (Phi) is 4.40. The van der Waals surface area contributed by atoms with Crippen molar-refractivity contribution < 1.29 is 9.53 Å². The molecule has 0 radical (unpaired) electrons. The van der Waals surface area contributed by atoms with Crippen molar-refractivity contribution in [1.29, 1.82) is 0 Å². The van der Waals surface area contributed by atoms with E-state index in [0.717, 1.165) is 38.2 Å². The van der Waals surface area contributed by atoms with Crippen molar-refractivity contribution in [2.45, 2.75) is 24.9 Å². The molecule has 2 N–H and O–H groups in total. The molecule has 3 heterocycles. The van der Waals surface area contributed by atoms with Crippen LogP contribution >= 0.6 is 0 Å². The summed E-state index contributed by atoms with van der Waals surface area (Å²) in [5, 5.41) is 10.5. The van der Waals surface area contributed by atoms with Crippen molar-refractivity contribution in [2.24, 2.45) is 7.05 Å². The van der Waals surface area contributed by atoms with Gasteiger partial charge in [-0.2, -0.15) is 5.10 Å². The molecular weight excluding hydrogens is 270 g/mol. The highest BCUT2D eigenvalue weighted by Crippen LogP contribution is 2.19. The maximum absolute atomic E-state index is 12.2.